The van der Waals surface area contributed by atoms with Gasteiger partial charge in [-0.3, -0.25) is 4.98 Å². The van der Waals surface area contributed by atoms with E-state index in [1.54, 1.807) is 29.4 Å². The number of aromatic nitrogens is 1. The Morgan fingerprint density at radius 3 is 2.22 bits per heavy atom. The van der Waals surface area contributed by atoms with Gasteiger partial charge in [0, 0.05) is 38.1 Å². The molecule has 0 aliphatic carbocycles. The standard InChI is InChI=1S/C21H17F2N3O3S.C2H6/c22-17-7-18(23)9-20(8-17)30(28,29)19-3-1-14(2-4-19)10-25-21(27)26-12-15-5-6-24-11-16(15)13-26;1-2/h1-9,11H,10,12-13H2,(H,25,27);1-2H3. The van der Waals surface area contributed by atoms with E-state index in [9.17, 15) is 22.0 Å². The van der Waals surface area contributed by atoms with E-state index in [-0.39, 0.29) is 17.5 Å². The van der Waals surface area contributed by atoms with Crippen molar-refractivity contribution >= 4 is 15.9 Å². The summed E-state index contributed by atoms with van der Waals surface area (Å²) in [6, 6.07) is 9.59. The molecule has 0 saturated carbocycles. The predicted molar refractivity (Wildman–Crippen MR) is 115 cm³/mol. The fraction of sp³-hybridized carbons (Fsp3) is 0.217. The number of amides is 2. The summed E-state index contributed by atoms with van der Waals surface area (Å²) in [6.07, 6.45) is 3.43. The second-order valence-corrected chi connectivity index (χ2v) is 8.86. The smallest absolute Gasteiger partial charge is 0.318 e. The van der Waals surface area contributed by atoms with Crippen LogP contribution in [0.15, 0.2) is 70.7 Å². The van der Waals surface area contributed by atoms with Gasteiger partial charge in [0.1, 0.15) is 11.6 Å². The summed E-state index contributed by atoms with van der Waals surface area (Å²) in [4.78, 5) is 17.6. The van der Waals surface area contributed by atoms with Gasteiger partial charge in [-0.05, 0) is 47.0 Å². The lowest BCUT2D eigenvalue weighted by Gasteiger charge is -2.16. The Balaban J connectivity index is 0.00000141. The number of nitrogens with one attached hydrogen (secondary N) is 1. The van der Waals surface area contributed by atoms with Gasteiger partial charge in [-0.25, -0.2) is 22.0 Å². The number of fused-ring (bicyclic) bond motifs is 1. The Bertz CT molecular complexity index is 1170. The van der Waals surface area contributed by atoms with Crippen LogP contribution in [0.3, 0.4) is 0 Å². The minimum absolute atomic E-state index is 0.0925. The van der Waals surface area contributed by atoms with Crippen LogP contribution in [0.5, 0.6) is 0 Å². The molecule has 0 unspecified atom stereocenters. The molecule has 0 radical (unpaired) electrons. The first-order valence-electron chi connectivity index (χ1n) is 10.1. The van der Waals surface area contributed by atoms with E-state index in [0.29, 0.717) is 24.7 Å². The lowest BCUT2D eigenvalue weighted by Crippen LogP contribution is -2.35. The van der Waals surface area contributed by atoms with Gasteiger partial charge < -0.3 is 10.2 Å². The van der Waals surface area contributed by atoms with Crippen LogP contribution in [0.1, 0.15) is 30.5 Å². The van der Waals surface area contributed by atoms with Gasteiger partial charge in [0.05, 0.1) is 9.79 Å². The van der Waals surface area contributed by atoms with Gasteiger partial charge in [0.15, 0.2) is 0 Å². The molecule has 32 heavy (non-hydrogen) atoms. The molecule has 1 aliphatic heterocycles. The lowest BCUT2D eigenvalue weighted by molar-refractivity contribution is 0.198. The zero-order valence-electron chi connectivity index (χ0n) is 17.7. The van der Waals surface area contributed by atoms with Crippen LogP contribution in [0.2, 0.25) is 0 Å². The molecule has 0 bridgehead atoms. The van der Waals surface area contributed by atoms with Gasteiger partial charge in [-0.15, -0.1) is 0 Å². The second-order valence-electron chi connectivity index (χ2n) is 6.91. The quantitative estimate of drug-likeness (QED) is 0.626. The molecular weight excluding hydrogens is 436 g/mol. The van der Waals surface area contributed by atoms with Crippen molar-refractivity contribution in [1.82, 2.24) is 15.2 Å². The van der Waals surface area contributed by atoms with Crippen molar-refractivity contribution in [1.29, 1.82) is 0 Å². The summed E-state index contributed by atoms with van der Waals surface area (Å²) >= 11 is 0. The van der Waals surface area contributed by atoms with Gasteiger partial charge in [-0.1, -0.05) is 26.0 Å². The number of nitrogens with zero attached hydrogens (tertiary/aromatic N) is 2. The minimum Gasteiger partial charge on any atom is -0.334 e. The maximum Gasteiger partial charge on any atom is 0.318 e. The molecule has 2 heterocycles. The first kappa shape index (κ1) is 23.3. The average molecular weight is 460 g/mol. The van der Waals surface area contributed by atoms with Gasteiger partial charge in [-0.2, -0.15) is 0 Å². The number of benzene rings is 2. The Labute approximate surface area is 185 Å². The number of sulfone groups is 1. The van der Waals surface area contributed by atoms with E-state index >= 15 is 0 Å². The number of hydrogen-bond donors (Lipinski definition) is 1. The molecule has 0 spiro atoms. The molecule has 1 aliphatic rings. The fourth-order valence-electron chi connectivity index (χ4n) is 3.26. The van der Waals surface area contributed by atoms with E-state index < -0.39 is 26.4 Å². The Morgan fingerprint density at radius 1 is 0.969 bits per heavy atom. The van der Waals surface area contributed by atoms with E-state index in [4.69, 9.17) is 0 Å². The summed E-state index contributed by atoms with van der Waals surface area (Å²) < 4.78 is 51.9. The molecule has 2 amide bonds. The highest BCUT2D eigenvalue weighted by Gasteiger charge is 2.23. The molecular formula is C23H23F2N3O3S. The Kier molecular flexibility index (Phi) is 7.19. The van der Waals surface area contributed by atoms with Crippen LogP contribution in [0.25, 0.3) is 0 Å². The summed E-state index contributed by atoms with van der Waals surface area (Å²) in [5, 5.41) is 2.80. The van der Waals surface area contributed by atoms with Crippen LogP contribution < -0.4 is 5.32 Å². The minimum atomic E-state index is -4.06. The molecule has 6 nitrogen and oxygen atoms in total. The van der Waals surface area contributed by atoms with E-state index in [1.165, 1.54) is 12.1 Å². The van der Waals surface area contributed by atoms with Crippen molar-refractivity contribution in [2.24, 2.45) is 0 Å². The van der Waals surface area contributed by atoms with Crippen LogP contribution in [-0.2, 0) is 29.5 Å². The molecule has 1 aromatic heterocycles. The van der Waals surface area contributed by atoms with Crippen molar-refractivity contribution in [3.05, 3.63) is 89.2 Å². The molecule has 9 heteroatoms. The van der Waals surface area contributed by atoms with E-state index in [1.807, 2.05) is 19.9 Å². The average Bonchev–Trinajstić information content (AvgIpc) is 3.23. The number of hydrogen-bond acceptors (Lipinski definition) is 4. The third-order valence-electron chi connectivity index (χ3n) is 4.84. The molecule has 2 aromatic carbocycles. The fourth-order valence-corrected chi connectivity index (χ4v) is 4.56. The molecule has 0 atom stereocenters. The van der Waals surface area contributed by atoms with Crippen molar-refractivity contribution in [2.75, 3.05) is 0 Å². The highest BCUT2D eigenvalue weighted by Crippen LogP contribution is 2.23. The maximum absolute atomic E-state index is 13.4. The first-order valence-corrected chi connectivity index (χ1v) is 11.6. The van der Waals surface area contributed by atoms with Crippen molar-refractivity contribution in [2.45, 2.75) is 43.3 Å². The molecule has 0 saturated heterocycles. The number of rotatable bonds is 4. The summed E-state index contributed by atoms with van der Waals surface area (Å²) in [6.45, 7) is 5.19. The summed E-state index contributed by atoms with van der Waals surface area (Å²) in [5.41, 5.74) is 2.76. The zero-order chi connectivity index (χ0) is 23.3. The normalized spacial score (nSPS) is 12.6. The van der Waals surface area contributed by atoms with Crippen molar-refractivity contribution < 1.29 is 22.0 Å². The van der Waals surface area contributed by atoms with E-state index in [2.05, 4.69) is 10.3 Å². The van der Waals surface area contributed by atoms with Gasteiger partial charge in [0.2, 0.25) is 9.84 Å². The molecule has 3 aromatic rings. The number of carbonyl (C=O) groups excluding carboxylic acids is 1. The highest BCUT2D eigenvalue weighted by molar-refractivity contribution is 7.91. The molecule has 168 valence electrons. The second kappa shape index (κ2) is 9.86. The van der Waals surface area contributed by atoms with Crippen LogP contribution in [0.4, 0.5) is 13.6 Å². The first-order chi connectivity index (χ1) is 15.3. The molecule has 0 fully saturated rings. The maximum atomic E-state index is 13.4. The third-order valence-corrected chi connectivity index (χ3v) is 6.59. The monoisotopic (exact) mass is 459 g/mol. The number of pyridine rings is 1. The predicted octanol–water partition coefficient (Wildman–Crippen LogP) is 4.44. The van der Waals surface area contributed by atoms with Crippen molar-refractivity contribution in [3.8, 4) is 0 Å². The third kappa shape index (κ3) is 5.11. The number of urea groups is 1. The van der Waals surface area contributed by atoms with Gasteiger partial charge in [0.25, 0.3) is 0 Å². The Hall–Kier alpha value is -3.33. The Morgan fingerprint density at radius 2 is 1.59 bits per heavy atom. The van der Waals surface area contributed by atoms with Crippen LogP contribution >= 0.6 is 0 Å². The number of carbonyl (C=O) groups is 1. The SMILES string of the molecule is CC.O=C(NCc1ccc(S(=O)(=O)c2cc(F)cc(F)c2)cc1)N1Cc2ccncc2C1. The molecule has 4 rings (SSSR count). The zero-order valence-corrected chi connectivity index (χ0v) is 18.5. The van der Waals surface area contributed by atoms with E-state index in [0.717, 1.165) is 23.3 Å². The van der Waals surface area contributed by atoms with Crippen molar-refractivity contribution in [3.63, 3.8) is 0 Å². The highest BCUT2D eigenvalue weighted by atomic mass is 32.2. The summed E-state index contributed by atoms with van der Waals surface area (Å²) in [5.74, 6) is -1.93. The lowest BCUT2D eigenvalue weighted by atomic mass is 10.2. The van der Waals surface area contributed by atoms with Crippen LogP contribution in [0, 0.1) is 11.6 Å². The molecule has 1 N–H and O–H groups in total. The topological polar surface area (TPSA) is 79.4 Å². The van der Waals surface area contributed by atoms with Crippen LogP contribution in [-0.4, -0.2) is 24.3 Å². The van der Waals surface area contributed by atoms with Gasteiger partial charge >= 0.3 is 6.03 Å². The number of halogens is 2. The summed E-state index contributed by atoms with van der Waals surface area (Å²) in [7, 11) is -4.06. The largest absolute Gasteiger partial charge is 0.334 e.